The number of methoxy groups -OCH3 is 1. The van der Waals surface area contributed by atoms with Crippen LogP contribution < -0.4 is 4.74 Å². The highest BCUT2D eigenvalue weighted by Crippen LogP contribution is 2.23. The molecular weight excluding hydrogens is 315 g/mol. The van der Waals surface area contributed by atoms with Crippen LogP contribution in [0.5, 0.6) is 5.75 Å². The van der Waals surface area contributed by atoms with E-state index in [-0.39, 0.29) is 29.8 Å². The summed E-state index contributed by atoms with van der Waals surface area (Å²) in [6.45, 7) is 0. The second kappa shape index (κ2) is 7.96. The van der Waals surface area contributed by atoms with Crippen molar-refractivity contribution in [3.8, 4) is 5.75 Å². The molecule has 0 aliphatic heterocycles. The quantitative estimate of drug-likeness (QED) is 0.458. The van der Waals surface area contributed by atoms with Gasteiger partial charge in [0.15, 0.2) is 0 Å². The fourth-order valence-corrected chi connectivity index (χ4v) is 2.05. The molecule has 0 saturated heterocycles. The van der Waals surface area contributed by atoms with E-state index in [0.717, 1.165) is 0 Å². The Labute approximate surface area is 137 Å². The van der Waals surface area contributed by atoms with Gasteiger partial charge in [0.2, 0.25) is 0 Å². The molecule has 0 atom stereocenters. The minimum absolute atomic E-state index is 0.00940. The minimum Gasteiger partial charge on any atom is -0.706 e. The van der Waals surface area contributed by atoms with Gasteiger partial charge in [-0.05, 0) is 54.4 Å². The standard InChI is InChI=1S/C17H14FN2O4/c1-23-17(22)12-2-8-15(20-19)11(10-12)3-9-16(21)24-14-6-4-13(18)5-7-14/h2,4-8,10H,3,9H2,1H3/q-1. The van der Waals surface area contributed by atoms with E-state index in [1.54, 1.807) is 0 Å². The summed E-state index contributed by atoms with van der Waals surface area (Å²) in [6.07, 6.45) is 0.189. The Morgan fingerprint density at radius 3 is 2.50 bits per heavy atom. The monoisotopic (exact) mass is 329 g/mol. The lowest BCUT2D eigenvalue weighted by Gasteiger charge is -2.10. The first-order valence-electron chi connectivity index (χ1n) is 7.06. The molecule has 0 spiro atoms. The normalized spacial score (nSPS) is 10.1. The Morgan fingerprint density at radius 1 is 1.17 bits per heavy atom. The van der Waals surface area contributed by atoms with Crippen LogP contribution in [0.4, 0.5) is 10.1 Å². The maximum Gasteiger partial charge on any atom is 0.337 e. The van der Waals surface area contributed by atoms with Crippen LogP contribution in [0.1, 0.15) is 22.3 Å². The first-order chi connectivity index (χ1) is 11.5. The van der Waals surface area contributed by atoms with Crippen LogP contribution in [0.15, 0.2) is 47.6 Å². The lowest BCUT2D eigenvalue weighted by atomic mass is 10.0. The SMILES string of the molecule is COC(=O)c1ccc(N=[N-])c(CCC(=O)Oc2ccc(F)cc2)c1. The molecule has 0 aliphatic rings. The van der Waals surface area contributed by atoms with Gasteiger partial charge in [-0.15, -0.1) is 0 Å². The Balaban J connectivity index is 2.04. The number of halogens is 1. The third-order valence-corrected chi connectivity index (χ3v) is 3.25. The van der Waals surface area contributed by atoms with Crippen molar-refractivity contribution in [2.75, 3.05) is 7.11 Å². The predicted octanol–water partition coefficient (Wildman–Crippen LogP) is 3.80. The van der Waals surface area contributed by atoms with Crippen molar-refractivity contribution < 1.29 is 23.5 Å². The Morgan fingerprint density at radius 2 is 1.88 bits per heavy atom. The van der Waals surface area contributed by atoms with Crippen LogP contribution in [0.3, 0.4) is 0 Å². The lowest BCUT2D eigenvalue weighted by Crippen LogP contribution is -2.09. The highest BCUT2D eigenvalue weighted by molar-refractivity contribution is 5.90. The molecule has 0 N–H and O–H groups in total. The third-order valence-electron chi connectivity index (χ3n) is 3.25. The number of ether oxygens (including phenoxy) is 2. The van der Waals surface area contributed by atoms with Crippen LogP contribution in [0, 0.1) is 5.82 Å². The largest absolute Gasteiger partial charge is 0.706 e. The van der Waals surface area contributed by atoms with Gasteiger partial charge in [-0.2, -0.15) is 0 Å². The molecule has 0 saturated carbocycles. The first-order valence-corrected chi connectivity index (χ1v) is 7.06. The van der Waals surface area contributed by atoms with Gasteiger partial charge >= 0.3 is 11.9 Å². The van der Waals surface area contributed by atoms with E-state index in [2.05, 4.69) is 9.85 Å². The van der Waals surface area contributed by atoms with Gasteiger partial charge in [0, 0.05) is 5.69 Å². The second-order valence-corrected chi connectivity index (χ2v) is 4.86. The van der Waals surface area contributed by atoms with Crippen molar-refractivity contribution in [3.05, 3.63) is 64.9 Å². The van der Waals surface area contributed by atoms with Gasteiger partial charge < -0.3 is 20.1 Å². The highest BCUT2D eigenvalue weighted by atomic mass is 19.1. The zero-order chi connectivity index (χ0) is 17.5. The van der Waals surface area contributed by atoms with Gasteiger partial charge in [-0.3, -0.25) is 4.79 Å². The Hall–Kier alpha value is -3.09. The maximum absolute atomic E-state index is 12.8. The predicted molar refractivity (Wildman–Crippen MR) is 83.6 cm³/mol. The van der Waals surface area contributed by atoms with Crippen molar-refractivity contribution in [1.29, 1.82) is 0 Å². The summed E-state index contributed by atoms with van der Waals surface area (Å²) in [5.41, 5.74) is 10.0. The number of esters is 2. The smallest absolute Gasteiger partial charge is 0.337 e. The zero-order valence-electron chi connectivity index (χ0n) is 12.9. The number of nitrogens with zero attached hydrogens (tertiary/aromatic N) is 2. The maximum atomic E-state index is 12.8. The van der Waals surface area contributed by atoms with Gasteiger partial charge in [0.25, 0.3) is 0 Å². The van der Waals surface area contributed by atoms with Crippen LogP contribution in [0.2, 0.25) is 0 Å². The molecule has 0 bridgehead atoms. The summed E-state index contributed by atoms with van der Waals surface area (Å²) in [7, 11) is 1.26. The minimum atomic E-state index is -0.533. The van der Waals surface area contributed by atoms with Gasteiger partial charge in [-0.1, -0.05) is 0 Å². The van der Waals surface area contributed by atoms with Crippen molar-refractivity contribution in [1.82, 2.24) is 0 Å². The molecule has 2 aromatic carbocycles. The second-order valence-electron chi connectivity index (χ2n) is 4.86. The van der Waals surface area contributed by atoms with Crippen LogP contribution in [0.25, 0.3) is 5.53 Å². The van der Waals surface area contributed by atoms with Gasteiger partial charge in [0.05, 0.1) is 19.1 Å². The number of hydrogen-bond donors (Lipinski definition) is 0. The Bertz CT molecular complexity index is 760. The molecule has 6 nitrogen and oxygen atoms in total. The van der Waals surface area contributed by atoms with E-state index in [0.29, 0.717) is 5.56 Å². The molecule has 0 fully saturated rings. The summed E-state index contributed by atoms with van der Waals surface area (Å²) in [4.78, 5) is 23.4. The summed E-state index contributed by atoms with van der Waals surface area (Å²) in [6, 6.07) is 9.47. The van der Waals surface area contributed by atoms with Gasteiger partial charge in [-0.25, -0.2) is 9.18 Å². The van der Waals surface area contributed by atoms with Crippen molar-refractivity contribution in [2.24, 2.45) is 5.11 Å². The van der Waals surface area contributed by atoms with E-state index >= 15 is 0 Å². The fraction of sp³-hybridized carbons (Fsp3) is 0.176. The van der Waals surface area contributed by atoms with E-state index in [9.17, 15) is 14.0 Å². The molecule has 2 aromatic rings. The van der Waals surface area contributed by atoms with E-state index in [4.69, 9.17) is 10.3 Å². The Kier molecular flexibility index (Phi) is 5.73. The summed E-state index contributed by atoms with van der Waals surface area (Å²) >= 11 is 0. The van der Waals surface area contributed by atoms with Crippen LogP contribution in [-0.2, 0) is 16.0 Å². The van der Waals surface area contributed by atoms with Gasteiger partial charge in [0.1, 0.15) is 11.6 Å². The highest BCUT2D eigenvalue weighted by Gasteiger charge is 2.11. The topological polar surface area (TPSA) is 87.3 Å². The zero-order valence-corrected chi connectivity index (χ0v) is 12.9. The van der Waals surface area contributed by atoms with Crippen LogP contribution >= 0.6 is 0 Å². The molecule has 0 heterocycles. The molecule has 24 heavy (non-hydrogen) atoms. The molecule has 2 rings (SSSR count). The van der Waals surface area contributed by atoms with E-state index < -0.39 is 17.8 Å². The van der Waals surface area contributed by atoms with Crippen molar-refractivity contribution >= 4 is 17.6 Å². The van der Waals surface area contributed by atoms with E-state index in [1.807, 2.05) is 0 Å². The molecule has 7 heteroatoms. The van der Waals surface area contributed by atoms with Crippen molar-refractivity contribution in [3.63, 3.8) is 0 Å². The summed E-state index contributed by atoms with van der Waals surface area (Å²) < 4.78 is 22.5. The molecular formula is C17H14FN2O4-. The van der Waals surface area contributed by atoms with Crippen molar-refractivity contribution in [2.45, 2.75) is 12.8 Å². The summed E-state index contributed by atoms with van der Waals surface area (Å²) in [5, 5.41) is 3.12. The third kappa shape index (κ3) is 4.45. The number of carbonyl (C=O) groups is 2. The molecule has 0 radical (unpaired) electrons. The molecule has 0 aliphatic carbocycles. The number of rotatable bonds is 6. The fourth-order valence-electron chi connectivity index (χ4n) is 2.05. The first kappa shape index (κ1) is 17.3. The van der Waals surface area contributed by atoms with E-state index in [1.165, 1.54) is 49.6 Å². The average molecular weight is 329 g/mol. The summed E-state index contributed by atoms with van der Waals surface area (Å²) in [5.74, 6) is -1.26. The lowest BCUT2D eigenvalue weighted by molar-refractivity contribution is -0.134. The number of carbonyl (C=O) groups excluding carboxylic acids is 2. The van der Waals surface area contributed by atoms with Crippen LogP contribution in [-0.4, -0.2) is 19.0 Å². The number of aryl methyl sites for hydroxylation is 1. The number of hydrogen-bond acceptors (Lipinski definition) is 5. The molecule has 124 valence electrons. The number of benzene rings is 2. The molecule has 0 aromatic heterocycles. The average Bonchev–Trinajstić information content (AvgIpc) is 2.61. The molecule has 0 unspecified atom stereocenters. The molecule has 0 amide bonds.